The first-order chi connectivity index (χ1) is 7.09. The molecule has 0 bridgehead atoms. The highest BCUT2D eigenvalue weighted by atomic mass is 16.4. The summed E-state index contributed by atoms with van der Waals surface area (Å²) in [6.45, 7) is 3.57. The molecule has 1 atom stereocenters. The lowest BCUT2D eigenvalue weighted by atomic mass is 10.0. The Balaban J connectivity index is 2.64. The molecule has 1 N–H and O–H groups in total. The quantitative estimate of drug-likeness (QED) is 0.811. The smallest absolute Gasteiger partial charge is 0.310 e. The van der Waals surface area contributed by atoms with Crippen molar-refractivity contribution in [2.75, 3.05) is 0 Å². The zero-order chi connectivity index (χ0) is 11.0. The Morgan fingerprint density at radius 2 is 2.33 bits per heavy atom. The van der Waals surface area contributed by atoms with Gasteiger partial charge in [-0.3, -0.25) is 4.79 Å². The molecule has 2 aromatic rings. The van der Waals surface area contributed by atoms with Crippen LogP contribution in [0.15, 0.2) is 24.4 Å². The van der Waals surface area contributed by atoms with Crippen LogP contribution in [0.4, 0.5) is 0 Å². The van der Waals surface area contributed by atoms with Crippen LogP contribution in [-0.2, 0) is 4.79 Å². The van der Waals surface area contributed by atoms with Crippen LogP contribution in [0.5, 0.6) is 0 Å². The van der Waals surface area contributed by atoms with E-state index in [0.29, 0.717) is 0 Å². The Bertz CT molecular complexity index is 516. The number of aliphatic carboxylic acids is 1. The number of carbonyl (C=O) groups is 1. The first-order valence-corrected chi connectivity index (χ1v) is 4.77. The van der Waals surface area contributed by atoms with Crippen LogP contribution >= 0.6 is 0 Å². The molecule has 0 spiro atoms. The molecule has 0 aliphatic rings. The molecule has 0 saturated heterocycles. The maximum Gasteiger partial charge on any atom is 0.310 e. The van der Waals surface area contributed by atoms with Gasteiger partial charge in [-0.15, -0.1) is 0 Å². The lowest BCUT2D eigenvalue weighted by Crippen LogP contribution is -2.08. The Hall–Kier alpha value is -1.84. The SMILES string of the molecule is Cc1cc2c(C(C)C(=O)O)cccn2n1. The van der Waals surface area contributed by atoms with Crippen molar-refractivity contribution in [2.24, 2.45) is 0 Å². The lowest BCUT2D eigenvalue weighted by molar-refractivity contribution is -0.138. The molecule has 1 unspecified atom stereocenters. The van der Waals surface area contributed by atoms with Crippen molar-refractivity contribution in [1.29, 1.82) is 0 Å². The van der Waals surface area contributed by atoms with Crippen LogP contribution in [0.3, 0.4) is 0 Å². The number of nitrogens with zero attached hydrogens (tertiary/aromatic N) is 2. The molecular weight excluding hydrogens is 192 g/mol. The molecule has 0 aromatic carbocycles. The second kappa shape index (κ2) is 3.38. The normalized spacial score (nSPS) is 12.9. The number of hydrogen-bond acceptors (Lipinski definition) is 2. The molecule has 0 fully saturated rings. The van der Waals surface area contributed by atoms with Gasteiger partial charge in [0.2, 0.25) is 0 Å². The summed E-state index contributed by atoms with van der Waals surface area (Å²) in [6.07, 6.45) is 1.82. The van der Waals surface area contributed by atoms with E-state index >= 15 is 0 Å². The Morgan fingerprint density at radius 1 is 1.60 bits per heavy atom. The van der Waals surface area contributed by atoms with E-state index in [1.807, 2.05) is 31.3 Å². The first-order valence-electron chi connectivity index (χ1n) is 4.77. The summed E-state index contributed by atoms with van der Waals surface area (Å²) >= 11 is 0. The minimum atomic E-state index is -0.818. The van der Waals surface area contributed by atoms with E-state index in [1.54, 1.807) is 11.4 Å². The summed E-state index contributed by atoms with van der Waals surface area (Å²) in [5.41, 5.74) is 2.55. The van der Waals surface area contributed by atoms with Gasteiger partial charge in [0, 0.05) is 6.20 Å². The monoisotopic (exact) mass is 204 g/mol. The van der Waals surface area contributed by atoms with E-state index in [2.05, 4.69) is 5.10 Å². The van der Waals surface area contributed by atoms with Gasteiger partial charge in [-0.05, 0) is 31.5 Å². The molecule has 0 amide bonds. The summed E-state index contributed by atoms with van der Waals surface area (Å²) in [4.78, 5) is 10.9. The van der Waals surface area contributed by atoms with Crippen LogP contribution in [0.25, 0.3) is 5.52 Å². The fourth-order valence-corrected chi connectivity index (χ4v) is 1.66. The average molecular weight is 204 g/mol. The number of fused-ring (bicyclic) bond motifs is 1. The minimum Gasteiger partial charge on any atom is -0.481 e. The van der Waals surface area contributed by atoms with Crippen molar-refractivity contribution in [3.63, 3.8) is 0 Å². The molecule has 2 heterocycles. The van der Waals surface area contributed by atoms with Gasteiger partial charge >= 0.3 is 5.97 Å². The molecule has 0 aliphatic heterocycles. The van der Waals surface area contributed by atoms with Crippen molar-refractivity contribution in [3.05, 3.63) is 35.7 Å². The molecule has 78 valence electrons. The van der Waals surface area contributed by atoms with E-state index in [1.165, 1.54) is 0 Å². The number of carboxylic acids is 1. The zero-order valence-corrected chi connectivity index (χ0v) is 8.64. The standard InChI is InChI=1S/C11H12N2O2/c1-7-6-10-9(8(2)11(14)15)4-3-5-13(10)12-7/h3-6,8H,1-2H3,(H,14,15). The molecule has 0 aliphatic carbocycles. The van der Waals surface area contributed by atoms with Gasteiger partial charge in [-0.1, -0.05) is 6.07 Å². The van der Waals surface area contributed by atoms with Crippen LogP contribution in [0.1, 0.15) is 24.1 Å². The van der Waals surface area contributed by atoms with Crippen LogP contribution in [0, 0.1) is 6.92 Å². The second-order valence-corrected chi connectivity index (χ2v) is 3.64. The zero-order valence-electron chi connectivity index (χ0n) is 8.64. The van der Waals surface area contributed by atoms with Crippen molar-refractivity contribution < 1.29 is 9.90 Å². The van der Waals surface area contributed by atoms with E-state index in [4.69, 9.17) is 5.11 Å². The largest absolute Gasteiger partial charge is 0.481 e. The van der Waals surface area contributed by atoms with Crippen molar-refractivity contribution in [1.82, 2.24) is 9.61 Å². The molecule has 2 rings (SSSR count). The highest BCUT2D eigenvalue weighted by Crippen LogP contribution is 2.21. The number of aryl methyl sites for hydroxylation is 1. The Morgan fingerprint density at radius 3 is 3.00 bits per heavy atom. The van der Waals surface area contributed by atoms with Gasteiger partial charge < -0.3 is 5.11 Å². The molecular formula is C11H12N2O2. The van der Waals surface area contributed by atoms with Crippen molar-refractivity contribution in [3.8, 4) is 0 Å². The van der Waals surface area contributed by atoms with Gasteiger partial charge in [0.25, 0.3) is 0 Å². The number of aromatic nitrogens is 2. The summed E-state index contributed by atoms with van der Waals surface area (Å²) in [5.74, 6) is -1.33. The predicted octanol–water partition coefficient (Wildman–Crippen LogP) is 1.83. The molecule has 4 nitrogen and oxygen atoms in total. The van der Waals surface area contributed by atoms with E-state index in [9.17, 15) is 4.79 Å². The number of rotatable bonds is 2. The van der Waals surface area contributed by atoms with Crippen LogP contribution < -0.4 is 0 Å². The van der Waals surface area contributed by atoms with Crippen LogP contribution in [0.2, 0.25) is 0 Å². The van der Waals surface area contributed by atoms with Crippen molar-refractivity contribution >= 4 is 11.5 Å². The Labute approximate surface area is 87.2 Å². The molecule has 0 radical (unpaired) electrons. The highest BCUT2D eigenvalue weighted by Gasteiger charge is 2.17. The predicted molar refractivity (Wildman–Crippen MR) is 56.0 cm³/mol. The van der Waals surface area contributed by atoms with Gasteiger partial charge in [0.1, 0.15) is 0 Å². The highest BCUT2D eigenvalue weighted by molar-refractivity contribution is 5.79. The molecule has 0 saturated carbocycles. The van der Waals surface area contributed by atoms with E-state index in [0.717, 1.165) is 16.8 Å². The van der Waals surface area contributed by atoms with E-state index < -0.39 is 11.9 Å². The maximum absolute atomic E-state index is 10.9. The summed E-state index contributed by atoms with van der Waals surface area (Å²) in [5, 5.41) is 13.2. The number of hydrogen-bond donors (Lipinski definition) is 1. The fraction of sp³-hybridized carbons (Fsp3) is 0.273. The molecule has 4 heteroatoms. The van der Waals surface area contributed by atoms with Crippen LogP contribution in [-0.4, -0.2) is 20.7 Å². The second-order valence-electron chi connectivity index (χ2n) is 3.64. The number of carboxylic acid groups (broad SMARTS) is 1. The summed E-state index contributed by atoms with van der Waals surface area (Å²) < 4.78 is 1.71. The van der Waals surface area contributed by atoms with Gasteiger partial charge in [-0.2, -0.15) is 5.10 Å². The summed E-state index contributed by atoms with van der Waals surface area (Å²) in [6, 6.07) is 5.54. The Kier molecular flexibility index (Phi) is 2.19. The third-order valence-corrected chi connectivity index (χ3v) is 2.49. The van der Waals surface area contributed by atoms with Gasteiger partial charge in [-0.25, -0.2) is 4.52 Å². The third kappa shape index (κ3) is 1.58. The van der Waals surface area contributed by atoms with Gasteiger partial charge in [0.15, 0.2) is 0 Å². The van der Waals surface area contributed by atoms with Gasteiger partial charge in [0.05, 0.1) is 17.1 Å². The lowest BCUT2D eigenvalue weighted by Gasteiger charge is -2.07. The topological polar surface area (TPSA) is 54.6 Å². The van der Waals surface area contributed by atoms with E-state index in [-0.39, 0.29) is 0 Å². The first kappa shape index (κ1) is 9.71. The third-order valence-electron chi connectivity index (χ3n) is 2.49. The summed E-state index contributed by atoms with van der Waals surface area (Å²) in [7, 11) is 0. The fourth-order valence-electron chi connectivity index (χ4n) is 1.66. The molecule has 2 aromatic heterocycles. The minimum absolute atomic E-state index is 0.509. The average Bonchev–Trinajstić information content (AvgIpc) is 2.56. The maximum atomic E-state index is 10.9. The van der Waals surface area contributed by atoms with Crippen molar-refractivity contribution in [2.45, 2.75) is 19.8 Å². The molecule has 15 heavy (non-hydrogen) atoms. The number of pyridine rings is 1.